The van der Waals surface area contributed by atoms with Crippen LogP contribution in [-0.4, -0.2) is 17.6 Å². The highest BCUT2D eigenvalue weighted by Crippen LogP contribution is 2.27. The first-order valence-corrected chi connectivity index (χ1v) is 6.74. The molecule has 1 heterocycles. The molecule has 5 heteroatoms. The highest BCUT2D eigenvalue weighted by Gasteiger charge is 2.12. The van der Waals surface area contributed by atoms with Gasteiger partial charge in [-0.1, -0.05) is 11.6 Å². The van der Waals surface area contributed by atoms with E-state index in [0.29, 0.717) is 22.9 Å². The second-order valence-electron chi connectivity index (χ2n) is 4.58. The lowest BCUT2D eigenvalue weighted by Crippen LogP contribution is -2.17. The van der Waals surface area contributed by atoms with Crippen LogP contribution in [0.1, 0.15) is 19.4 Å². The third-order valence-electron chi connectivity index (χ3n) is 3.07. The molecule has 1 N–H and O–H groups in total. The number of hydrogen-bond donors (Lipinski definition) is 1. The number of aromatic nitrogens is 1. The van der Waals surface area contributed by atoms with E-state index in [2.05, 4.69) is 5.32 Å². The summed E-state index contributed by atoms with van der Waals surface area (Å²) >= 11 is 6.09. The Labute approximate surface area is 123 Å². The van der Waals surface area contributed by atoms with Crippen LogP contribution in [-0.2, 0) is 4.79 Å². The van der Waals surface area contributed by atoms with E-state index in [4.69, 9.17) is 16.3 Å². The largest absolute Gasteiger partial charge is 0.497 e. The molecule has 0 aliphatic rings. The number of rotatable bonds is 5. The number of amides is 1. The number of halogens is 1. The van der Waals surface area contributed by atoms with Gasteiger partial charge >= 0.3 is 0 Å². The van der Waals surface area contributed by atoms with Gasteiger partial charge in [0.2, 0.25) is 5.91 Å². The molecule has 1 atom stereocenters. The van der Waals surface area contributed by atoms with Gasteiger partial charge in [0.25, 0.3) is 0 Å². The third kappa shape index (κ3) is 3.54. The number of carbonyl (C=O) groups excluding carboxylic acids is 1. The van der Waals surface area contributed by atoms with Gasteiger partial charge in [0.15, 0.2) is 0 Å². The molecule has 4 nitrogen and oxygen atoms in total. The zero-order chi connectivity index (χ0) is 14.5. The number of carbonyl (C=O) groups is 1. The second kappa shape index (κ2) is 6.48. The summed E-state index contributed by atoms with van der Waals surface area (Å²) in [6.45, 7) is 2.00. The number of nitrogens with zero attached hydrogens (tertiary/aromatic N) is 1. The fourth-order valence-corrected chi connectivity index (χ4v) is 2.16. The predicted molar refractivity (Wildman–Crippen MR) is 80.4 cm³/mol. The second-order valence-corrected chi connectivity index (χ2v) is 4.98. The Balaban J connectivity index is 1.98. The first kappa shape index (κ1) is 14.5. The fraction of sp³-hybridized carbons (Fsp3) is 0.267. The van der Waals surface area contributed by atoms with Crippen LogP contribution < -0.4 is 10.1 Å². The molecule has 1 amide bonds. The van der Waals surface area contributed by atoms with Crippen LogP contribution in [0.15, 0.2) is 42.7 Å². The fourth-order valence-electron chi connectivity index (χ4n) is 1.94. The topological polar surface area (TPSA) is 43.3 Å². The zero-order valence-corrected chi connectivity index (χ0v) is 12.2. The predicted octanol–water partition coefficient (Wildman–Crippen LogP) is 3.74. The number of anilines is 1. The van der Waals surface area contributed by atoms with Gasteiger partial charge in [-0.2, -0.15) is 0 Å². The summed E-state index contributed by atoms with van der Waals surface area (Å²) in [7, 11) is 1.57. The van der Waals surface area contributed by atoms with E-state index in [9.17, 15) is 4.79 Å². The Hall–Kier alpha value is -1.94. The Morgan fingerprint density at radius 2 is 2.10 bits per heavy atom. The first-order valence-electron chi connectivity index (χ1n) is 6.36. The minimum atomic E-state index is -0.0710. The van der Waals surface area contributed by atoms with Gasteiger partial charge in [-0.3, -0.25) is 4.79 Å². The molecule has 0 fully saturated rings. The molecule has 1 aromatic carbocycles. The molecule has 0 saturated heterocycles. The first-order chi connectivity index (χ1) is 9.60. The van der Waals surface area contributed by atoms with Gasteiger partial charge < -0.3 is 14.6 Å². The number of hydrogen-bond acceptors (Lipinski definition) is 2. The van der Waals surface area contributed by atoms with Crippen molar-refractivity contribution < 1.29 is 9.53 Å². The van der Waals surface area contributed by atoms with Crippen molar-refractivity contribution in [3.05, 3.63) is 47.7 Å². The highest BCUT2D eigenvalue weighted by molar-refractivity contribution is 6.33. The molecule has 0 aliphatic carbocycles. The van der Waals surface area contributed by atoms with Crippen LogP contribution >= 0.6 is 11.6 Å². The van der Waals surface area contributed by atoms with Gasteiger partial charge in [-0.05, 0) is 31.2 Å². The number of nitrogens with one attached hydrogen (secondary N) is 1. The molecule has 106 valence electrons. The molecule has 0 bridgehead atoms. The molecule has 2 rings (SSSR count). The Morgan fingerprint density at radius 1 is 1.40 bits per heavy atom. The van der Waals surface area contributed by atoms with Crippen LogP contribution in [0.25, 0.3) is 0 Å². The maximum atomic E-state index is 12.0. The van der Waals surface area contributed by atoms with Crippen molar-refractivity contribution in [2.45, 2.75) is 19.4 Å². The SMILES string of the molecule is COc1ccc(NC(=O)CC(C)n2cccc2)c(Cl)c1. The van der Waals surface area contributed by atoms with Crippen molar-refractivity contribution >= 4 is 23.2 Å². The van der Waals surface area contributed by atoms with E-state index in [1.807, 2.05) is 36.0 Å². The van der Waals surface area contributed by atoms with E-state index in [0.717, 1.165) is 0 Å². The van der Waals surface area contributed by atoms with Crippen molar-refractivity contribution in [2.75, 3.05) is 12.4 Å². The average Bonchev–Trinajstić information content (AvgIpc) is 2.95. The van der Waals surface area contributed by atoms with Crippen molar-refractivity contribution in [3.8, 4) is 5.75 Å². The normalized spacial score (nSPS) is 11.9. The molecular formula is C15H17ClN2O2. The van der Waals surface area contributed by atoms with Crippen molar-refractivity contribution in [1.82, 2.24) is 4.57 Å². The van der Waals surface area contributed by atoms with Crippen LogP contribution in [0.2, 0.25) is 5.02 Å². The summed E-state index contributed by atoms with van der Waals surface area (Å²) in [5.74, 6) is 0.590. The third-order valence-corrected chi connectivity index (χ3v) is 3.38. The zero-order valence-electron chi connectivity index (χ0n) is 11.5. The lowest BCUT2D eigenvalue weighted by atomic mass is 10.2. The molecule has 0 saturated carbocycles. The van der Waals surface area contributed by atoms with Gasteiger partial charge in [0, 0.05) is 30.9 Å². The average molecular weight is 293 g/mol. The maximum Gasteiger partial charge on any atom is 0.226 e. The van der Waals surface area contributed by atoms with Crippen molar-refractivity contribution in [3.63, 3.8) is 0 Å². The summed E-state index contributed by atoms with van der Waals surface area (Å²) in [4.78, 5) is 12.0. The van der Waals surface area contributed by atoms with Gasteiger partial charge in [-0.15, -0.1) is 0 Å². The van der Waals surface area contributed by atoms with Gasteiger partial charge in [0.1, 0.15) is 5.75 Å². The number of benzene rings is 1. The Bertz CT molecular complexity index is 582. The smallest absolute Gasteiger partial charge is 0.226 e. The molecule has 0 spiro atoms. The summed E-state index contributed by atoms with van der Waals surface area (Å²) in [5, 5.41) is 3.28. The summed E-state index contributed by atoms with van der Waals surface area (Å²) < 4.78 is 7.06. The summed E-state index contributed by atoms with van der Waals surface area (Å²) in [6.07, 6.45) is 4.27. The van der Waals surface area contributed by atoms with Crippen LogP contribution in [0.5, 0.6) is 5.75 Å². The van der Waals surface area contributed by atoms with E-state index in [1.54, 1.807) is 25.3 Å². The summed E-state index contributed by atoms with van der Waals surface area (Å²) in [6, 6.07) is 9.15. The monoisotopic (exact) mass is 292 g/mol. The number of methoxy groups -OCH3 is 1. The molecule has 0 radical (unpaired) electrons. The van der Waals surface area contributed by atoms with Gasteiger partial charge in [-0.25, -0.2) is 0 Å². The Morgan fingerprint density at radius 3 is 2.70 bits per heavy atom. The minimum Gasteiger partial charge on any atom is -0.497 e. The molecule has 20 heavy (non-hydrogen) atoms. The molecule has 2 aromatic rings. The molecular weight excluding hydrogens is 276 g/mol. The van der Waals surface area contributed by atoms with E-state index in [-0.39, 0.29) is 11.9 Å². The number of ether oxygens (including phenoxy) is 1. The van der Waals surface area contributed by atoms with Crippen LogP contribution in [0.4, 0.5) is 5.69 Å². The Kier molecular flexibility index (Phi) is 4.69. The molecule has 0 aliphatic heterocycles. The van der Waals surface area contributed by atoms with Crippen molar-refractivity contribution in [2.24, 2.45) is 0 Å². The highest BCUT2D eigenvalue weighted by atomic mass is 35.5. The van der Waals surface area contributed by atoms with Gasteiger partial charge in [0.05, 0.1) is 17.8 Å². The molecule has 1 aromatic heterocycles. The summed E-state index contributed by atoms with van der Waals surface area (Å²) in [5.41, 5.74) is 0.595. The van der Waals surface area contributed by atoms with Crippen molar-refractivity contribution in [1.29, 1.82) is 0 Å². The van der Waals surface area contributed by atoms with Crippen LogP contribution in [0, 0.1) is 0 Å². The lowest BCUT2D eigenvalue weighted by molar-refractivity contribution is -0.116. The molecule has 1 unspecified atom stereocenters. The van der Waals surface area contributed by atoms with E-state index >= 15 is 0 Å². The van der Waals surface area contributed by atoms with E-state index in [1.165, 1.54) is 0 Å². The lowest BCUT2D eigenvalue weighted by Gasteiger charge is -2.14. The maximum absolute atomic E-state index is 12.0. The standard InChI is InChI=1S/C15H17ClN2O2/c1-11(18-7-3-4-8-18)9-15(19)17-14-6-5-12(20-2)10-13(14)16/h3-8,10-11H,9H2,1-2H3,(H,17,19). The van der Waals surface area contributed by atoms with Crippen LogP contribution in [0.3, 0.4) is 0 Å². The van der Waals surface area contributed by atoms with E-state index < -0.39 is 0 Å². The minimum absolute atomic E-state index is 0.0710. The quantitative estimate of drug-likeness (QED) is 0.912.